The Labute approximate surface area is 104 Å². The first kappa shape index (κ1) is 12.7. The van der Waals surface area contributed by atoms with E-state index >= 15 is 0 Å². The van der Waals surface area contributed by atoms with Crippen LogP contribution in [0.5, 0.6) is 5.75 Å². The second-order valence-electron chi connectivity index (χ2n) is 3.41. The van der Waals surface area contributed by atoms with Crippen molar-refractivity contribution >= 4 is 33.2 Å². The van der Waals surface area contributed by atoms with Crippen LogP contribution in [0.3, 0.4) is 0 Å². The number of hydrogen-bond acceptors (Lipinski definition) is 2. The molecule has 15 heavy (non-hydrogen) atoms. The van der Waals surface area contributed by atoms with Gasteiger partial charge in [0.15, 0.2) is 0 Å². The molecule has 0 aromatic heterocycles. The van der Waals surface area contributed by atoms with Gasteiger partial charge in [0, 0.05) is 5.02 Å². The second-order valence-corrected chi connectivity index (χ2v) is 4.35. The summed E-state index contributed by atoms with van der Waals surface area (Å²) < 4.78 is 5.40. The molecule has 0 unspecified atom stereocenters. The Bertz CT molecular complexity index is 380. The molecule has 0 saturated carbocycles. The van der Waals surface area contributed by atoms with E-state index in [0.29, 0.717) is 5.45 Å². The third-order valence-electron chi connectivity index (χ3n) is 2.61. The molecule has 0 aliphatic carbocycles. The van der Waals surface area contributed by atoms with E-state index in [0.717, 1.165) is 33.1 Å². The molecular weight excluding hydrogens is 277 g/mol. The minimum Gasteiger partial charge on any atom is -0.494 e. The van der Waals surface area contributed by atoms with Crippen molar-refractivity contribution in [2.24, 2.45) is 0 Å². The highest BCUT2D eigenvalue weighted by Crippen LogP contribution is 2.39. The Morgan fingerprint density at radius 3 is 2.27 bits per heavy atom. The van der Waals surface area contributed by atoms with Crippen molar-refractivity contribution in [1.82, 2.24) is 0 Å². The molecule has 1 aromatic rings. The largest absolute Gasteiger partial charge is 0.494 e. The number of halogens is 2. The number of benzene rings is 1. The van der Waals surface area contributed by atoms with Gasteiger partial charge in [-0.2, -0.15) is 0 Å². The molecule has 0 bridgehead atoms. The average Bonchev–Trinajstić information content (AvgIpc) is 2.24. The van der Waals surface area contributed by atoms with E-state index in [2.05, 4.69) is 21.2 Å². The predicted octanol–water partition coefficient (Wildman–Crippen LogP) is 4.04. The van der Waals surface area contributed by atoms with E-state index in [-0.39, 0.29) is 0 Å². The number of hydrogen-bond donors (Lipinski definition) is 1. The maximum atomic E-state index is 6.24. The van der Waals surface area contributed by atoms with E-state index in [1.807, 2.05) is 20.8 Å². The van der Waals surface area contributed by atoms with Crippen molar-refractivity contribution in [3.8, 4) is 5.75 Å². The monoisotopic (exact) mass is 291 g/mol. The van der Waals surface area contributed by atoms with Crippen molar-refractivity contribution in [1.29, 1.82) is 0 Å². The second kappa shape index (κ2) is 5.08. The summed E-state index contributed by atoms with van der Waals surface area (Å²) in [6, 6.07) is 0. The third kappa shape index (κ3) is 2.23. The van der Waals surface area contributed by atoms with Crippen molar-refractivity contribution < 1.29 is 4.74 Å². The first-order valence-electron chi connectivity index (χ1n) is 4.67. The molecule has 0 aliphatic rings. The number of anilines is 1. The summed E-state index contributed by atoms with van der Waals surface area (Å²) >= 11 is 9.58. The fraction of sp³-hybridized carbons (Fsp3) is 0.455. The Morgan fingerprint density at radius 2 is 1.80 bits per heavy atom. The van der Waals surface area contributed by atoms with Crippen LogP contribution in [0.25, 0.3) is 0 Å². The molecule has 0 fully saturated rings. The highest BCUT2D eigenvalue weighted by molar-refractivity contribution is 9.09. The predicted molar refractivity (Wildman–Crippen MR) is 69.6 cm³/mol. The quantitative estimate of drug-likeness (QED) is 0.670. The summed E-state index contributed by atoms with van der Waals surface area (Å²) in [4.78, 5) is 0. The summed E-state index contributed by atoms with van der Waals surface area (Å²) in [6.07, 6.45) is 0. The van der Waals surface area contributed by atoms with Crippen LogP contribution in [0.15, 0.2) is 0 Å². The molecule has 0 atom stereocenters. The van der Waals surface area contributed by atoms with Gasteiger partial charge in [0.25, 0.3) is 0 Å². The van der Waals surface area contributed by atoms with E-state index in [9.17, 15) is 0 Å². The Kier molecular flexibility index (Phi) is 4.29. The van der Waals surface area contributed by atoms with E-state index < -0.39 is 0 Å². The molecule has 0 amide bonds. The lowest BCUT2D eigenvalue weighted by Crippen LogP contribution is -2.04. The molecule has 4 heteroatoms. The standard InChI is InChI=1S/C11H15BrClNO/c1-6-7(2)11(15-4)10(14-5-12)8(3)9(6)13/h14H,5H2,1-4H3. The van der Waals surface area contributed by atoms with Crippen molar-refractivity contribution in [3.63, 3.8) is 0 Å². The van der Waals surface area contributed by atoms with Crippen LogP contribution in [-0.4, -0.2) is 12.6 Å². The van der Waals surface area contributed by atoms with Crippen LogP contribution >= 0.6 is 27.5 Å². The number of rotatable bonds is 3. The third-order valence-corrected chi connectivity index (χ3v) is 3.46. The van der Waals surface area contributed by atoms with Crippen LogP contribution in [-0.2, 0) is 0 Å². The molecule has 84 valence electrons. The lowest BCUT2D eigenvalue weighted by atomic mass is 10.0. The van der Waals surface area contributed by atoms with Crippen LogP contribution in [0, 0.1) is 20.8 Å². The number of alkyl halides is 1. The van der Waals surface area contributed by atoms with Gasteiger partial charge in [0.2, 0.25) is 0 Å². The Morgan fingerprint density at radius 1 is 1.20 bits per heavy atom. The smallest absolute Gasteiger partial charge is 0.145 e. The summed E-state index contributed by atoms with van der Waals surface area (Å²) in [5.74, 6) is 0.869. The highest BCUT2D eigenvalue weighted by Gasteiger charge is 2.16. The maximum Gasteiger partial charge on any atom is 0.145 e. The van der Waals surface area contributed by atoms with Gasteiger partial charge in [-0.15, -0.1) is 0 Å². The van der Waals surface area contributed by atoms with Crippen LogP contribution in [0.1, 0.15) is 16.7 Å². The summed E-state index contributed by atoms with van der Waals surface area (Å²) in [7, 11) is 1.68. The SMILES string of the molecule is COc1c(C)c(C)c(Cl)c(C)c1NCBr. The maximum absolute atomic E-state index is 6.24. The summed E-state index contributed by atoms with van der Waals surface area (Å²) in [6.45, 7) is 6.01. The molecule has 2 nitrogen and oxygen atoms in total. The van der Waals surface area contributed by atoms with Gasteiger partial charge in [-0.1, -0.05) is 27.5 Å². The lowest BCUT2D eigenvalue weighted by molar-refractivity contribution is 0.413. The van der Waals surface area contributed by atoms with E-state index in [1.54, 1.807) is 7.11 Å². The number of methoxy groups -OCH3 is 1. The molecule has 1 N–H and O–H groups in total. The van der Waals surface area contributed by atoms with Gasteiger partial charge < -0.3 is 10.1 Å². The molecule has 1 aromatic carbocycles. The van der Waals surface area contributed by atoms with Crippen LogP contribution in [0.4, 0.5) is 5.69 Å². The molecule has 0 saturated heterocycles. The summed E-state index contributed by atoms with van der Waals surface area (Å²) in [5.41, 5.74) is 4.81. The van der Waals surface area contributed by atoms with Gasteiger partial charge >= 0.3 is 0 Å². The molecule has 0 aliphatic heterocycles. The zero-order chi connectivity index (χ0) is 11.6. The van der Waals surface area contributed by atoms with Gasteiger partial charge in [-0.05, 0) is 37.5 Å². The zero-order valence-corrected chi connectivity index (χ0v) is 11.7. The van der Waals surface area contributed by atoms with E-state index in [4.69, 9.17) is 16.3 Å². The van der Waals surface area contributed by atoms with Gasteiger partial charge in [0.1, 0.15) is 5.75 Å². The average molecular weight is 293 g/mol. The first-order chi connectivity index (χ1) is 7.04. The zero-order valence-electron chi connectivity index (χ0n) is 9.37. The van der Waals surface area contributed by atoms with Crippen molar-refractivity contribution in [3.05, 3.63) is 21.7 Å². The van der Waals surface area contributed by atoms with Gasteiger partial charge in [-0.25, -0.2) is 0 Å². The number of ether oxygens (including phenoxy) is 1. The Hall–Kier alpha value is -0.410. The minimum absolute atomic E-state index is 0.670. The molecule has 0 spiro atoms. The fourth-order valence-electron chi connectivity index (χ4n) is 1.62. The minimum atomic E-state index is 0.670. The highest BCUT2D eigenvalue weighted by atomic mass is 79.9. The Balaban J connectivity index is 3.47. The summed E-state index contributed by atoms with van der Waals surface area (Å²) in [5, 5.41) is 4.01. The fourth-order valence-corrected chi connectivity index (χ4v) is 2.14. The van der Waals surface area contributed by atoms with Crippen molar-refractivity contribution in [2.75, 3.05) is 17.9 Å². The topological polar surface area (TPSA) is 21.3 Å². The molecule has 0 radical (unpaired) electrons. The lowest BCUT2D eigenvalue weighted by Gasteiger charge is -2.18. The van der Waals surface area contributed by atoms with Crippen LogP contribution in [0.2, 0.25) is 5.02 Å². The van der Waals surface area contributed by atoms with Gasteiger partial charge in [0.05, 0.1) is 18.3 Å². The van der Waals surface area contributed by atoms with Gasteiger partial charge in [-0.3, -0.25) is 0 Å². The van der Waals surface area contributed by atoms with Crippen LogP contribution < -0.4 is 10.1 Å². The molecule has 0 heterocycles. The molecular formula is C11H15BrClNO. The van der Waals surface area contributed by atoms with E-state index in [1.165, 1.54) is 0 Å². The molecule has 1 rings (SSSR count). The normalized spacial score (nSPS) is 10.3. The first-order valence-corrected chi connectivity index (χ1v) is 6.17. The van der Waals surface area contributed by atoms with Crippen molar-refractivity contribution in [2.45, 2.75) is 20.8 Å². The number of nitrogens with one attached hydrogen (secondary N) is 1.